The van der Waals surface area contributed by atoms with E-state index >= 15 is 0 Å². The molecule has 0 fully saturated rings. The molecule has 92 valence electrons. The van der Waals surface area contributed by atoms with E-state index in [1.165, 1.54) is 11.3 Å². The number of rotatable bonds is 3. The lowest BCUT2D eigenvalue weighted by Gasteiger charge is -2.27. The Bertz CT molecular complexity index is 417. The fraction of sp³-hybridized carbons (Fsp3) is 0.462. The number of hydrogen-bond acceptors (Lipinski definition) is 3. The number of aryl methyl sites for hydroxylation is 1. The van der Waals surface area contributed by atoms with Crippen LogP contribution in [0.1, 0.15) is 22.3 Å². The van der Waals surface area contributed by atoms with E-state index in [1.54, 1.807) is 0 Å². The number of nitrogens with one attached hydrogen (secondary N) is 1. The average molecular weight is 233 g/mol. The van der Waals surface area contributed by atoms with Crippen LogP contribution in [0.2, 0.25) is 0 Å². The summed E-state index contributed by atoms with van der Waals surface area (Å²) in [4.78, 5) is 14.0. The number of carbonyl (C=O) groups excluding carboxylic acids is 1. The zero-order valence-electron chi connectivity index (χ0n) is 10.2. The molecular formula is C13H19N3O. The second-order valence-corrected chi connectivity index (χ2v) is 4.41. The van der Waals surface area contributed by atoms with Gasteiger partial charge in [0.1, 0.15) is 0 Å². The van der Waals surface area contributed by atoms with E-state index in [0.29, 0.717) is 13.1 Å². The third-order valence-electron chi connectivity index (χ3n) is 3.12. The molecule has 1 amide bonds. The molecule has 4 heteroatoms. The molecule has 1 aliphatic heterocycles. The molecule has 3 N–H and O–H groups in total. The summed E-state index contributed by atoms with van der Waals surface area (Å²) < 4.78 is 0. The number of fused-ring (bicyclic) bond motifs is 1. The van der Waals surface area contributed by atoms with Crippen LogP contribution >= 0.6 is 0 Å². The number of hydrogen-bond donors (Lipinski definition) is 2. The third kappa shape index (κ3) is 2.58. The normalized spacial score (nSPS) is 14.4. The summed E-state index contributed by atoms with van der Waals surface area (Å²) in [5, 5.41) is 2.79. The first-order valence-electron chi connectivity index (χ1n) is 6.04. The fourth-order valence-corrected chi connectivity index (χ4v) is 2.21. The van der Waals surface area contributed by atoms with Gasteiger partial charge in [-0.15, -0.1) is 0 Å². The Morgan fingerprint density at radius 2 is 2.35 bits per heavy atom. The summed E-state index contributed by atoms with van der Waals surface area (Å²) in [7, 11) is 2.09. The molecule has 4 nitrogen and oxygen atoms in total. The highest BCUT2D eigenvalue weighted by atomic mass is 16.1. The van der Waals surface area contributed by atoms with Gasteiger partial charge in [-0.05, 0) is 36.6 Å². The maximum absolute atomic E-state index is 11.8. The predicted octanol–water partition coefficient (Wildman–Crippen LogP) is 0.758. The van der Waals surface area contributed by atoms with Crippen molar-refractivity contribution in [3.8, 4) is 0 Å². The van der Waals surface area contributed by atoms with Crippen LogP contribution in [0.25, 0.3) is 0 Å². The minimum atomic E-state index is -0.0357. The molecule has 1 heterocycles. The van der Waals surface area contributed by atoms with Crippen LogP contribution in [0, 0.1) is 0 Å². The lowest BCUT2D eigenvalue weighted by molar-refractivity contribution is 0.0954. The van der Waals surface area contributed by atoms with Crippen molar-refractivity contribution in [2.75, 3.05) is 31.6 Å². The summed E-state index contributed by atoms with van der Waals surface area (Å²) in [5.41, 5.74) is 8.60. The monoisotopic (exact) mass is 233 g/mol. The predicted molar refractivity (Wildman–Crippen MR) is 69.4 cm³/mol. The number of nitrogens with two attached hydrogens (primary N) is 1. The smallest absolute Gasteiger partial charge is 0.251 e. The molecule has 0 atom stereocenters. The molecule has 0 spiro atoms. The minimum Gasteiger partial charge on any atom is -0.374 e. The molecule has 0 radical (unpaired) electrons. The van der Waals surface area contributed by atoms with Crippen molar-refractivity contribution < 1.29 is 4.79 Å². The van der Waals surface area contributed by atoms with Crippen LogP contribution in [-0.4, -0.2) is 32.6 Å². The van der Waals surface area contributed by atoms with E-state index in [0.717, 1.165) is 24.9 Å². The van der Waals surface area contributed by atoms with E-state index < -0.39 is 0 Å². The number of anilines is 1. The van der Waals surface area contributed by atoms with Crippen molar-refractivity contribution in [3.63, 3.8) is 0 Å². The molecule has 1 aromatic carbocycles. The first-order chi connectivity index (χ1) is 8.22. The van der Waals surface area contributed by atoms with Gasteiger partial charge in [0.15, 0.2) is 0 Å². The molecule has 0 aromatic heterocycles. The molecule has 0 unspecified atom stereocenters. The highest BCUT2D eigenvalue weighted by molar-refractivity contribution is 5.95. The standard InChI is InChI=1S/C13H19N3O/c1-16-8-2-3-10-9-11(4-5-12(10)16)13(17)15-7-6-14/h4-5,9H,2-3,6-8,14H2,1H3,(H,15,17). The molecule has 0 aliphatic carbocycles. The Labute approximate surface area is 102 Å². The van der Waals surface area contributed by atoms with Crippen LogP contribution < -0.4 is 16.0 Å². The van der Waals surface area contributed by atoms with Gasteiger partial charge in [0.2, 0.25) is 0 Å². The Morgan fingerprint density at radius 1 is 1.53 bits per heavy atom. The first-order valence-corrected chi connectivity index (χ1v) is 6.04. The Balaban J connectivity index is 2.18. The summed E-state index contributed by atoms with van der Waals surface area (Å²) in [6.45, 7) is 2.08. The van der Waals surface area contributed by atoms with Gasteiger partial charge in [0, 0.05) is 37.9 Å². The van der Waals surface area contributed by atoms with E-state index in [1.807, 2.05) is 18.2 Å². The zero-order valence-corrected chi connectivity index (χ0v) is 10.2. The lowest BCUT2D eigenvalue weighted by atomic mass is 9.99. The average Bonchev–Trinajstić information content (AvgIpc) is 2.36. The lowest BCUT2D eigenvalue weighted by Crippen LogP contribution is -2.29. The van der Waals surface area contributed by atoms with Crippen molar-refractivity contribution in [2.24, 2.45) is 5.73 Å². The van der Waals surface area contributed by atoms with Crippen LogP contribution in [0.5, 0.6) is 0 Å². The molecule has 1 aliphatic rings. The zero-order chi connectivity index (χ0) is 12.3. The fourth-order valence-electron chi connectivity index (χ4n) is 2.21. The Morgan fingerprint density at radius 3 is 3.12 bits per heavy atom. The highest BCUT2D eigenvalue weighted by Gasteiger charge is 2.15. The van der Waals surface area contributed by atoms with Gasteiger partial charge in [-0.3, -0.25) is 4.79 Å². The van der Waals surface area contributed by atoms with Gasteiger partial charge in [-0.2, -0.15) is 0 Å². The van der Waals surface area contributed by atoms with E-state index in [4.69, 9.17) is 5.73 Å². The van der Waals surface area contributed by atoms with E-state index in [-0.39, 0.29) is 5.91 Å². The maximum atomic E-state index is 11.8. The molecule has 0 bridgehead atoms. The van der Waals surface area contributed by atoms with Gasteiger partial charge in [-0.25, -0.2) is 0 Å². The van der Waals surface area contributed by atoms with Crippen LogP contribution in [0.15, 0.2) is 18.2 Å². The summed E-state index contributed by atoms with van der Waals surface area (Å²) in [6.07, 6.45) is 2.20. The highest BCUT2D eigenvalue weighted by Crippen LogP contribution is 2.26. The number of nitrogens with zero attached hydrogens (tertiary/aromatic N) is 1. The van der Waals surface area contributed by atoms with Crippen molar-refractivity contribution >= 4 is 11.6 Å². The first kappa shape index (κ1) is 11.9. The minimum absolute atomic E-state index is 0.0357. The number of amides is 1. The van der Waals surface area contributed by atoms with E-state index in [9.17, 15) is 4.79 Å². The number of benzene rings is 1. The van der Waals surface area contributed by atoms with Crippen molar-refractivity contribution in [1.82, 2.24) is 5.32 Å². The molecule has 17 heavy (non-hydrogen) atoms. The largest absolute Gasteiger partial charge is 0.374 e. The van der Waals surface area contributed by atoms with Crippen LogP contribution in [-0.2, 0) is 6.42 Å². The van der Waals surface area contributed by atoms with Crippen LogP contribution in [0.3, 0.4) is 0 Å². The quantitative estimate of drug-likeness (QED) is 0.810. The number of carbonyl (C=O) groups is 1. The topological polar surface area (TPSA) is 58.4 Å². The van der Waals surface area contributed by atoms with Crippen molar-refractivity contribution in [3.05, 3.63) is 29.3 Å². The third-order valence-corrected chi connectivity index (χ3v) is 3.12. The van der Waals surface area contributed by atoms with Gasteiger partial charge in [0.25, 0.3) is 5.91 Å². The molecule has 1 aromatic rings. The summed E-state index contributed by atoms with van der Waals surface area (Å²) in [6, 6.07) is 5.91. The van der Waals surface area contributed by atoms with E-state index in [2.05, 4.69) is 17.3 Å². The van der Waals surface area contributed by atoms with Gasteiger partial charge in [0.05, 0.1) is 0 Å². The molecular weight excluding hydrogens is 214 g/mol. The van der Waals surface area contributed by atoms with Gasteiger partial charge < -0.3 is 16.0 Å². The second kappa shape index (κ2) is 5.19. The Kier molecular flexibility index (Phi) is 3.64. The molecule has 0 saturated heterocycles. The van der Waals surface area contributed by atoms with Gasteiger partial charge >= 0.3 is 0 Å². The summed E-state index contributed by atoms with van der Waals surface area (Å²) in [5.74, 6) is -0.0357. The SMILES string of the molecule is CN1CCCc2cc(C(=O)NCCN)ccc21. The molecule has 0 saturated carbocycles. The van der Waals surface area contributed by atoms with Crippen molar-refractivity contribution in [2.45, 2.75) is 12.8 Å². The Hall–Kier alpha value is -1.55. The summed E-state index contributed by atoms with van der Waals surface area (Å²) >= 11 is 0. The second-order valence-electron chi connectivity index (χ2n) is 4.41. The maximum Gasteiger partial charge on any atom is 0.251 e. The van der Waals surface area contributed by atoms with Crippen molar-refractivity contribution in [1.29, 1.82) is 0 Å². The molecule has 2 rings (SSSR count). The van der Waals surface area contributed by atoms with Crippen LogP contribution in [0.4, 0.5) is 5.69 Å². The van der Waals surface area contributed by atoms with Gasteiger partial charge in [-0.1, -0.05) is 0 Å².